The van der Waals surface area contributed by atoms with Crippen molar-refractivity contribution in [1.29, 1.82) is 0 Å². The number of piperidine rings is 3. The van der Waals surface area contributed by atoms with E-state index in [0.29, 0.717) is 31.0 Å². The topological polar surface area (TPSA) is 173 Å². The maximum absolute atomic E-state index is 12.7. The Morgan fingerprint density at radius 2 is 1.04 bits per heavy atom. The SMILES string of the molecule is O=C(ON1C(=O)CCC1O)C1CCN(c2nc(N3CCC(NC(=O)C(F)(F)F)CC3)nc(N3CCC(NC(=O)C(F)(F)F)CC3)n2)CC1. The Morgan fingerprint density at radius 3 is 1.38 bits per heavy atom. The first-order valence-electron chi connectivity index (χ1n) is 15.6. The Morgan fingerprint density at radius 1 is 0.667 bits per heavy atom. The van der Waals surface area contributed by atoms with Gasteiger partial charge in [0.1, 0.15) is 0 Å². The van der Waals surface area contributed by atoms with Crippen LogP contribution >= 0.6 is 0 Å². The van der Waals surface area contributed by atoms with Crippen LogP contribution < -0.4 is 25.3 Å². The summed E-state index contributed by atoms with van der Waals surface area (Å²) in [5.41, 5.74) is 0. The number of amides is 3. The molecule has 0 spiro atoms. The van der Waals surface area contributed by atoms with E-state index in [9.17, 15) is 50.6 Å². The Hall–Kier alpha value is -4.17. The van der Waals surface area contributed by atoms with Gasteiger partial charge < -0.3 is 35.3 Å². The van der Waals surface area contributed by atoms with E-state index in [1.807, 2.05) is 10.6 Å². The van der Waals surface area contributed by atoms with Crippen LogP contribution in [-0.4, -0.2) is 119 Å². The summed E-state index contributed by atoms with van der Waals surface area (Å²) < 4.78 is 76.4. The minimum Gasteiger partial charge on any atom is -0.370 e. The fourth-order valence-electron chi connectivity index (χ4n) is 5.99. The third kappa shape index (κ3) is 8.45. The molecule has 48 heavy (non-hydrogen) atoms. The zero-order valence-electron chi connectivity index (χ0n) is 25.6. The lowest BCUT2D eigenvalue weighted by Gasteiger charge is -2.36. The quantitative estimate of drug-likeness (QED) is 0.343. The number of anilines is 3. The van der Waals surface area contributed by atoms with Crippen molar-refractivity contribution in [3.63, 3.8) is 0 Å². The number of hydrogen-bond donors (Lipinski definition) is 3. The van der Waals surface area contributed by atoms with Crippen molar-refractivity contribution in [1.82, 2.24) is 30.6 Å². The fourth-order valence-corrected chi connectivity index (χ4v) is 5.99. The van der Waals surface area contributed by atoms with E-state index in [1.165, 1.54) is 0 Å². The van der Waals surface area contributed by atoms with E-state index in [-0.39, 0.29) is 82.5 Å². The van der Waals surface area contributed by atoms with Gasteiger partial charge in [0.05, 0.1) is 5.92 Å². The molecule has 0 saturated carbocycles. The van der Waals surface area contributed by atoms with Crippen LogP contribution in [0.3, 0.4) is 0 Å². The largest absolute Gasteiger partial charge is 0.471 e. The second-order valence-electron chi connectivity index (χ2n) is 12.1. The maximum atomic E-state index is 12.7. The molecule has 4 fully saturated rings. The molecule has 1 unspecified atom stereocenters. The van der Waals surface area contributed by atoms with Gasteiger partial charge in [-0.25, -0.2) is 4.79 Å². The first kappa shape index (κ1) is 35.1. The highest BCUT2D eigenvalue weighted by Gasteiger charge is 2.42. The molecule has 4 aliphatic rings. The van der Waals surface area contributed by atoms with Crippen molar-refractivity contribution < 1.29 is 55.5 Å². The van der Waals surface area contributed by atoms with Gasteiger partial charge in [-0.15, -0.1) is 5.06 Å². The van der Waals surface area contributed by atoms with Crippen molar-refractivity contribution in [2.45, 2.75) is 82.0 Å². The lowest BCUT2D eigenvalue weighted by atomic mass is 9.97. The molecule has 5 heterocycles. The van der Waals surface area contributed by atoms with Gasteiger partial charge in [0.25, 0.3) is 5.91 Å². The van der Waals surface area contributed by atoms with Crippen LogP contribution in [-0.2, 0) is 24.0 Å². The third-order valence-electron chi connectivity index (χ3n) is 8.77. The number of nitrogens with one attached hydrogen (secondary N) is 2. The van der Waals surface area contributed by atoms with E-state index < -0.39 is 60.3 Å². The zero-order chi connectivity index (χ0) is 34.8. The number of alkyl halides is 6. The zero-order valence-corrected chi connectivity index (χ0v) is 25.6. The van der Waals surface area contributed by atoms with Gasteiger partial charge in [0.15, 0.2) is 6.23 Å². The van der Waals surface area contributed by atoms with Crippen molar-refractivity contribution >= 4 is 41.5 Å². The number of carbonyl (C=O) groups excluding carboxylic acids is 4. The molecular formula is C27H35F6N9O6. The van der Waals surface area contributed by atoms with Crippen LogP contribution in [0.4, 0.5) is 44.2 Å². The maximum Gasteiger partial charge on any atom is 0.471 e. The Labute approximate surface area is 269 Å². The van der Waals surface area contributed by atoms with Crippen molar-refractivity contribution in [3.05, 3.63) is 0 Å². The summed E-state index contributed by atoms with van der Waals surface area (Å²) in [6, 6.07) is -1.42. The summed E-state index contributed by atoms with van der Waals surface area (Å²) >= 11 is 0. The molecule has 3 amide bonds. The molecular weight excluding hydrogens is 660 g/mol. The van der Waals surface area contributed by atoms with Crippen molar-refractivity contribution in [3.8, 4) is 0 Å². The molecule has 0 radical (unpaired) electrons. The molecule has 3 N–H and O–H groups in total. The van der Waals surface area contributed by atoms with Crippen LogP contribution in [0, 0.1) is 5.92 Å². The molecule has 4 aliphatic heterocycles. The Bertz CT molecular complexity index is 1290. The van der Waals surface area contributed by atoms with E-state index >= 15 is 0 Å². The van der Waals surface area contributed by atoms with Gasteiger partial charge in [0, 0.05) is 64.2 Å². The van der Waals surface area contributed by atoms with Gasteiger partial charge in [-0.2, -0.15) is 41.3 Å². The van der Waals surface area contributed by atoms with Gasteiger partial charge in [-0.05, 0) is 38.5 Å². The molecule has 15 nitrogen and oxygen atoms in total. The molecule has 5 rings (SSSR count). The molecule has 4 saturated heterocycles. The summed E-state index contributed by atoms with van der Waals surface area (Å²) in [7, 11) is 0. The predicted molar refractivity (Wildman–Crippen MR) is 152 cm³/mol. The van der Waals surface area contributed by atoms with Crippen LogP contribution in [0.2, 0.25) is 0 Å². The second-order valence-corrected chi connectivity index (χ2v) is 12.1. The van der Waals surface area contributed by atoms with Gasteiger partial charge >= 0.3 is 30.1 Å². The fraction of sp³-hybridized carbons (Fsp3) is 0.741. The average Bonchev–Trinajstić information content (AvgIpc) is 3.36. The first-order chi connectivity index (χ1) is 22.6. The number of hydroxylamine groups is 2. The Kier molecular flexibility index (Phi) is 10.3. The number of rotatable bonds is 7. The highest BCUT2D eigenvalue weighted by Crippen LogP contribution is 2.29. The number of hydrogen-bond acceptors (Lipinski definition) is 12. The molecule has 0 aromatic carbocycles. The average molecular weight is 696 g/mol. The van der Waals surface area contributed by atoms with Crippen LogP contribution in [0.1, 0.15) is 51.4 Å². The summed E-state index contributed by atoms with van der Waals surface area (Å²) in [4.78, 5) is 71.7. The number of aliphatic hydroxyl groups is 1. The summed E-state index contributed by atoms with van der Waals surface area (Å²) in [5.74, 6) is -5.07. The van der Waals surface area contributed by atoms with E-state index in [2.05, 4.69) is 15.0 Å². The predicted octanol–water partition coefficient (Wildman–Crippen LogP) is 0.782. The summed E-state index contributed by atoms with van der Waals surface area (Å²) in [6.45, 7) is 1.46. The number of aliphatic hydroxyl groups excluding tert-OH is 1. The highest BCUT2D eigenvalue weighted by atomic mass is 19.4. The molecule has 0 aliphatic carbocycles. The third-order valence-corrected chi connectivity index (χ3v) is 8.77. The lowest BCUT2D eigenvalue weighted by molar-refractivity contribution is -0.224. The molecule has 0 bridgehead atoms. The molecule has 21 heteroatoms. The van der Waals surface area contributed by atoms with Crippen LogP contribution in [0.15, 0.2) is 0 Å². The van der Waals surface area contributed by atoms with E-state index in [0.717, 1.165) is 0 Å². The van der Waals surface area contributed by atoms with Gasteiger partial charge in [-0.1, -0.05) is 0 Å². The second kappa shape index (κ2) is 14.1. The minimum atomic E-state index is -5.00. The summed E-state index contributed by atoms with van der Waals surface area (Å²) in [5, 5.41) is 14.6. The van der Waals surface area contributed by atoms with Crippen LogP contribution in [0.5, 0.6) is 0 Å². The number of carbonyl (C=O) groups is 4. The highest BCUT2D eigenvalue weighted by molar-refractivity contribution is 5.82. The normalized spacial score (nSPS) is 22.2. The van der Waals surface area contributed by atoms with Gasteiger partial charge in [-0.3, -0.25) is 14.4 Å². The Balaban J connectivity index is 1.27. The van der Waals surface area contributed by atoms with E-state index in [1.54, 1.807) is 14.7 Å². The number of nitrogens with zero attached hydrogens (tertiary/aromatic N) is 7. The van der Waals surface area contributed by atoms with Gasteiger partial charge in [0.2, 0.25) is 17.8 Å². The monoisotopic (exact) mass is 695 g/mol. The molecule has 1 aromatic rings. The molecule has 1 atom stereocenters. The number of halogens is 6. The van der Waals surface area contributed by atoms with E-state index in [4.69, 9.17) is 4.84 Å². The van der Waals surface area contributed by atoms with Crippen molar-refractivity contribution in [2.75, 3.05) is 54.0 Å². The first-order valence-corrected chi connectivity index (χ1v) is 15.6. The smallest absolute Gasteiger partial charge is 0.370 e. The standard InChI is InChI=1S/C27H35F6N9O6/c28-26(29,30)21(46)34-16-5-11-40(12-6-16)24-36-23(37-25(38-24)41-13-7-17(8-14-41)35-22(47)27(31,32)33)39-9-3-15(4-10-39)20(45)48-42-18(43)1-2-19(42)44/h15-18,43H,1-14H2,(H,34,46)(H,35,47). The molecule has 1 aromatic heterocycles. The van der Waals surface area contributed by atoms with Crippen LogP contribution in [0.25, 0.3) is 0 Å². The number of aromatic nitrogens is 3. The summed E-state index contributed by atoms with van der Waals surface area (Å²) in [6.07, 6.45) is -9.62. The minimum absolute atomic E-state index is 0.0661. The lowest BCUT2D eigenvalue weighted by Crippen LogP contribution is -2.49. The van der Waals surface area contributed by atoms with Crippen molar-refractivity contribution in [2.24, 2.45) is 5.92 Å². The molecule has 266 valence electrons.